The third-order valence-electron chi connectivity index (χ3n) is 14.5. The molecule has 0 bridgehead atoms. The maximum absolute atomic E-state index is 14.6. The number of rotatable bonds is 30. The number of unbranched alkanes of at least 4 members (excludes halogenated alkanes) is 1. The molecule has 3 aromatic carbocycles. The number of thioether (sulfide) groups is 1. The maximum Gasteiger partial charge on any atom is 3.00 e. The summed E-state index contributed by atoms with van der Waals surface area (Å²) in [6.07, 6.45) is 4.68. The number of carboxylic acids is 4. The number of aliphatic carboxylic acids is 4. The fraction of sp³-hybridized carbons (Fsp3) is 0.400. The summed E-state index contributed by atoms with van der Waals surface area (Å²) in [5.74, 6) is -0.495. The second-order valence-corrected chi connectivity index (χ2v) is 23.2. The van der Waals surface area contributed by atoms with Crippen molar-refractivity contribution in [1.82, 2.24) is 36.1 Å². The number of nitrogens with one attached hydrogen (secondary N) is 7. The van der Waals surface area contributed by atoms with Gasteiger partial charge in [-0.25, -0.2) is 9.78 Å². The third kappa shape index (κ3) is 23.1. The fourth-order valence-corrected chi connectivity index (χ4v) is 12.2. The number of amides is 6. The van der Waals surface area contributed by atoms with Gasteiger partial charge in [-0.3, -0.25) is 48.2 Å². The van der Waals surface area contributed by atoms with Crippen LogP contribution in [0, 0.1) is 61.2 Å². The van der Waals surface area contributed by atoms with Crippen LogP contribution in [0.15, 0.2) is 96.0 Å². The minimum atomic E-state index is -1.34. The average molecular weight is 1410 g/mol. The van der Waals surface area contributed by atoms with Crippen LogP contribution in [0.5, 0.6) is 0 Å². The summed E-state index contributed by atoms with van der Waals surface area (Å²) in [4.78, 5) is 127. The van der Waals surface area contributed by atoms with Gasteiger partial charge in [0.1, 0.15) is 37.0 Å². The van der Waals surface area contributed by atoms with Crippen molar-refractivity contribution in [3.05, 3.63) is 113 Å². The van der Waals surface area contributed by atoms with Gasteiger partial charge in [-0.1, -0.05) is 48.6 Å². The molecule has 3 aliphatic heterocycles. The molecular weight excluding hydrogens is 1340 g/mol. The Morgan fingerprint density at radius 1 is 0.756 bits per heavy atom. The van der Waals surface area contributed by atoms with Gasteiger partial charge in [-0.05, 0) is 123 Å². The molecule has 0 radical (unpaired) electrons. The summed E-state index contributed by atoms with van der Waals surface area (Å²) in [6, 6.07) is 22.6. The van der Waals surface area contributed by atoms with Gasteiger partial charge in [0, 0.05) is 71.7 Å². The zero-order valence-electron chi connectivity index (χ0n) is 48.9. The topological polar surface area (TPSA) is 406 Å². The summed E-state index contributed by atoms with van der Waals surface area (Å²) >= 11 is 7.39. The van der Waals surface area contributed by atoms with Crippen molar-refractivity contribution in [2.24, 2.45) is 16.5 Å². The molecule has 27 nitrogen and oxygen atoms in total. The van der Waals surface area contributed by atoms with Crippen LogP contribution in [0.1, 0.15) is 80.2 Å². The van der Waals surface area contributed by atoms with E-state index in [0.29, 0.717) is 54.7 Å². The molecule has 3 aliphatic rings. The largest absolute Gasteiger partial charge is 3.00 e. The summed E-state index contributed by atoms with van der Waals surface area (Å²) < 4.78 is 0. The number of anilines is 4. The van der Waals surface area contributed by atoms with E-state index in [1.807, 2.05) is 42.1 Å². The van der Waals surface area contributed by atoms with E-state index >= 15 is 0 Å². The molecule has 6 atom stereocenters. The van der Waals surface area contributed by atoms with Gasteiger partial charge in [0.25, 0.3) is 0 Å². The Labute approximate surface area is 569 Å². The van der Waals surface area contributed by atoms with E-state index in [0.717, 1.165) is 34.0 Å². The summed E-state index contributed by atoms with van der Waals surface area (Å²) in [5, 5.41) is 59.0. The van der Waals surface area contributed by atoms with E-state index in [4.69, 9.17) is 23.7 Å². The van der Waals surface area contributed by atoms with Crippen molar-refractivity contribution in [2.75, 3.05) is 65.9 Å². The summed E-state index contributed by atoms with van der Waals surface area (Å²) in [5.41, 5.74) is 14.4. The molecular formula is C60H72EuN14O13S2+3. The van der Waals surface area contributed by atoms with Crippen LogP contribution in [0.2, 0.25) is 0 Å². The number of aromatic nitrogens is 1. The molecule has 4 heterocycles. The molecule has 476 valence electrons. The zero-order chi connectivity index (χ0) is 64.0. The molecule has 7 rings (SSSR count). The Morgan fingerprint density at radius 3 is 2.01 bits per heavy atom. The van der Waals surface area contributed by atoms with Gasteiger partial charge in [0.15, 0.2) is 11.1 Å². The third-order valence-corrected chi connectivity index (χ3v) is 16.2. The number of hydrogen-bond acceptors (Lipinski definition) is 15. The Balaban J connectivity index is 0.0000129. The van der Waals surface area contributed by atoms with Crippen molar-refractivity contribution in [2.45, 2.75) is 106 Å². The second-order valence-electron chi connectivity index (χ2n) is 21.5. The molecule has 3 fully saturated rings. The van der Waals surface area contributed by atoms with Gasteiger partial charge in [-0.15, -0.1) is 0 Å². The van der Waals surface area contributed by atoms with E-state index in [9.17, 15) is 63.6 Å². The number of nitrogens with two attached hydrogens (primary N) is 2. The molecule has 3 saturated heterocycles. The van der Waals surface area contributed by atoms with E-state index in [2.05, 4.69) is 59.0 Å². The minimum absolute atomic E-state index is 0. The minimum Gasteiger partial charge on any atom is -0.480 e. The number of nitrogens with zero attached hydrogens (tertiary/aromatic N) is 5. The summed E-state index contributed by atoms with van der Waals surface area (Å²) in [6.45, 7) is -2.63. The quantitative estimate of drug-likeness (QED) is 0.00891. The number of thiocarbonyl (C=S) groups is 1. The van der Waals surface area contributed by atoms with E-state index in [-0.39, 0.29) is 146 Å². The first-order valence-electron chi connectivity index (χ1n) is 28.8. The average Bonchev–Trinajstić information content (AvgIpc) is 2.34. The Morgan fingerprint density at radius 2 is 1.38 bits per heavy atom. The SMILES string of the molecule is NC(N)=NCCCC(NC(=O)C1CCCCN1C(=O)C(Cc1ccccc1)NC(=O)CCCCC1SCC2NC(=O)NC21)C(=O)Nc1ccc(NC(=S)Nc2ccc(C#Cc3cc(CN(CC(=O)O)CC(=O)O)nc(N(CC(=O)O)CC(=O)O)c3)cc2)cc1.[Eu+3]. The van der Waals surface area contributed by atoms with Crippen LogP contribution in [-0.4, -0.2) is 180 Å². The van der Waals surface area contributed by atoms with E-state index in [1.54, 1.807) is 48.5 Å². The van der Waals surface area contributed by atoms with Gasteiger partial charge in [0.2, 0.25) is 23.6 Å². The van der Waals surface area contributed by atoms with Crippen LogP contribution in [0.25, 0.3) is 0 Å². The molecule has 0 aliphatic carbocycles. The Kier molecular flexibility index (Phi) is 28.0. The van der Waals surface area contributed by atoms with Gasteiger partial charge >= 0.3 is 79.3 Å². The number of likely N-dealkylation sites (tertiary alicyclic amines) is 1. The predicted molar refractivity (Wildman–Crippen MR) is 337 cm³/mol. The molecule has 0 spiro atoms. The first kappa shape index (κ1) is 71.1. The zero-order valence-corrected chi connectivity index (χ0v) is 53.0. The van der Waals surface area contributed by atoms with Crippen LogP contribution >= 0.6 is 24.0 Å². The number of carboxylic acid groups (broad SMARTS) is 4. The number of carbonyl (C=O) groups is 9. The normalized spacial score (nSPS) is 17.0. The van der Waals surface area contributed by atoms with Gasteiger partial charge in [-0.2, -0.15) is 11.8 Å². The van der Waals surface area contributed by atoms with E-state index < -0.39 is 85.9 Å². The van der Waals surface area contributed by atoms with Crippen molar-refractivity contribution in [1.29, 1.82) is 0 Å². The van der Waals surface area contributed by atoms with Crippen LogP contribution in [0.3, 0.4) is 0 Å². The second kappa shape index (κ2) is 35.4. The first-order valence-corrected chi connectivity index (χ1v) is 30.2. The first-order chi connectivity index (χ1) is 42.6. The number of piperidine rings is 1. The standard InChI is InChI=1S/C60H72N14O13S2.Eu/c61-58(62)63-25-8-11-43(69-56(85)46-12-6-7-26-74(46)57(86)44(28-37-9-2-1-3-10-37)68-49(75)14-5-4-13-47-54-45(35-89-47)70-59(87)71-54)55(84)65-39-21-23-41(24-22-39)67-60(88)66-40-19-17-36(18-20-40)15-16-38-27-42(30-72(31-50(76)77)32-51(78)79)64-48(29-38)73(33-52(80)81)34-53(82)83;/h1-3,9-10,17-24,27,29,43-47,54H,4-8,11-14,25-26,28,30-35H2,(H,65,84)(H,68,75)(H,69,85)(H,76,77)(H,78,79)(H,80,81)(H,82,83)(H4,61,62,63)(H2,66,67,88)(H2,70,71,87);/q;+3. The number of benzene rings is 3. The molecule has 90 heavy (non-hydrogen) atoms. The van der Waals surface area contributed by atoms with Gasteiger partial charge < -0.3 is 78.9 Å². The van der Waals surface area contributed by atoms with Gasteiger partial charge in [0.05, 0.1) is 30.9 Å². The van der Waals surface area contributed by atoms with Crippen molar-refractivity contribution >= 4 is 111 Å². The molecule has 30 heteroatoms. The predicted octanol–water partition coefficient (Wildman–Crippen LogP) is 2.55. The fourth-order valence-electron chi connectivity index (χ4n) is 10.5. The molecule has 4 aromatic rings. The number of pyridine rings is 1. The number of carbonyl (C=O) groups excluding carboxylic acids is 5. The number of urea groups is 1. The number of hydrogen-bond donors (Lipinski definition) is 13. The summed E-state index contributed by atoms with van der Waals surface area (Å²) in [7, 11) is 0. The number of fused-ring (bicyclic) bond motifs is 1. The van der Waals surface area contributed by atoms with E-state index in [1.165, 1.54) is 17.0 Å². The maximum atomic E-state index is 14.6. The van der Waals surface area contributed by atoms with Crippen LogP contribution in [-0.2, 0) is 51.3 Å². The monoisotopic (exact) mass is 1410 g/mol. The smallest absolute Gasteiger partial charge is 0.480 e. The van der Waals surface area contributed by atoms with Crippen molar-refractivity contribution in [3.63, 3.8) is 0 Å². The molecule has 1 aromatic heterocycles. The van der Waals surface area contributed by atoms with Crippen molar-refractivity contribution < 1.29 is 113 Å². The van der Waals surface area contributed by atoms with Crippen molar-refractivity contribution in [3.8, 4) is 11.8 Å². The van der Waals surface area contributed by atoms with Crippen LogP contribution in [0.4, 0.5) is 27.7 Å². The Bertz CT molecular complexity index is 3290. The molecule has 0 saturated carbocycles. The number of aliphatic imine (C=N–C) groups is 1. The molecule has 6 amide bonds. The Hall–Kier alpha value is -7.95. The van der Waals surface area contributed by atoms with Crippen LogP contribution < -0.4 is 53.6 Å². The molecule has 6 unspecified atom stereocenters. The molecule has 15 N–H and O–H groups in total. The number of guanidine groups is 1.